The van der Waals surface area contributed by atoms with Crippen LogP contribution in [0.4, 0.5) is 0 Å². The zero-order valence-electron chi connectivity index (χ0n) is 28.2. The van der Waals surface area contributed by atoms with Crippen LogP contribution >= 0.6 is 0 Å². The van der Waals surface area contributed by atoms with Crippen molar-refractivity contribution in [2.45, 2.75) is 27.7 Å². The summed E-state index contributed by atoms with van der Waals surface area (Å²) >= 11 is 0. The summed E-state index contributed by atoms with van der Waals surface area (Å²) in [6.07, 6.45) is 4.67. The molecular formula is C41H32O9. The second-order valence-electron chi connectivity index (χ2n) is 10.7. The van der Waals surface area contributed by atoms with E-state index < -0.39 is 23.9 Å². The molecule has 3 aromatic rings. The quantitative estimate of drug-likeness (QED) is 0.114. The third-order valence-corrected chi connectivity index (χ3v) is 6.27. The number of ether oxygens (including phenoxy) is 5. The van der Waals surface area contributed by atoms with Crippen LogP contribution in [-0.4, -0.2) is 31.0 Å². The Morgan fingerprint density at radius 3 is 1.40 bits per heavy atom. The van der Waals surface area contributed by atoms with Crippen LogP contribution in [0.25, 0.3) is 11.1 Å². The van der Waals surface area contributed by atoms with Gasteiger partial charge in [-0.1, -0.05) is 50.3 Å². The first-order valence-electron chi connectivity index (χ1n) is 14.7. The molecule has 9 nitrogen and oxygen atoms in total. The fourth-order valence-corrected chi connectivity index (χ4v) is 3.66. The van der Waals surface area contributed by atoms with Crippen molar-refractivity contribution in [1.82, 2.24) is 0 Å². The Labute approximate surface area is 290 Å². The highest BCUT2D eigenvalue weighted by molar-refractivity contribution is 5.94. The monoisotopic (exact) mass is 668 g/mol. The van der Waals surface area contributed by atoms with Gasteiger partial charge in [0.1, 0.15) is 18.0 Å². The Morgan fingerprint density at radius 2 is 0.960 bits per heavy atom. The molecule has 3 rings (SSSR count). The molecule has 250 valence electrons. The SMILES string of the molecule is C=C(C)C(=O)OC#Cc1ccc(C#Cc2cc(OC(=O)C(=C)C)c(-c3ccc(C#COC(=O)C(=C)C)cc3)c(OC)c2OC(=O)C(=C)C)cc1. The summed E-state index contributed by atoms with van der Waals surface area (Å²) in [5.74, 6) is 8.72. The molecule has 0 bridgehead atoms. The number of rotatable bonds is 8. The van der Waals surface area contributed by atoms with Gasteiger partial charge in [-0.25, -0.2) is 19.2 Å². The molecule has 50 heavy (non-hydrogen) atoms. The molecule has 0 spiro atoms. The second kappa shape index (κ2) is 17.2. The van der Waals surface area contributed by atoms with Crippen LogP contribution < -0.4 is 14.2 Å². The molecule has 0 unspecified atom stereocenters. The summed E-state index contributed by atoms with van der Waals surface area (Å²) < 4.78 is 26.9. The summed E-state index contributed by atoms with van der Waals surface area (Å²) in [4.78, 5) is 48.8. The summed E-state index contributed by atoms with van der Waals surface area (Å²) in [5.41, 5.74) is 3.22. The molecule has 0 aliphatic rings. The first-order valence-corrected chi connectivity index (χ1v) is 14.7. The molecule has 0 fully saturated rings. The van der Waals surface area contributed by atoms with Crippen molar-refractivity contribution >= 4 is 23.9 Å². The highest BCUT2D eigenvalue weighted by Crippen LogP contribution is 2.47. The van der Waals surface area contributed by atoms with Crippen LogP contribution in [0.2, 0.25) is 0 Å². The first-order chi connectivity index (χ1) is 23.7. The zero-order chi connectivity index (χ0) is 37.0. The van der Waals surface area contributed by atoms with Gasteiger partial charge in [0.05, 0.1) is 18.2 Å². The average Bonchev–Trinajstić information content (AvgIpc) is 3.08. The summed E-state index contributed by atoms with van der Waals surface area (Å²) in [7, 11) is 1.36. The lowest BCUT2D eigenvalue weighted by molar-refractivity contribution is -0.133. The fraction of sp³-hybridized carbons (Fsp3) is 0.122. The Hall–Kier alpha value is -7.02. The van der Waals surface area contributed by atoms with Gasteiger partial charge in [-0.3, -0.25) is 0 Å². The van der Waals surface area contributed by atoms with Crippen molar-refractivity contribution in [3.63, 3.8) is 0 Å². The summed E-state index contributed by atoms with van der Waals surface area (Å²) in [6, 6.07) is 14.8. The van der Waals surface area contributed by atoms with Gasteiger partial charge in [0, 0.05) is 45.0 Å². The fourth-order valence-electron chi connectivity index (χ4n) is 3.66. The molecule has 0 atom stereocenters. The molecule has 0 saturated carbocycles. The average molecular weight is 669 g/mol. The van der Waals surface area contributed by atoms with Gasteiger partial charge in [-0.2, -0.15) is 0 Å². The smallest absolute Gasteiger partial charge is 0.347 e. The molecular weight excluding hydrogens is 636 g/mol. The van der Waals surface area contributed by atoms with Gasteiger partial charge in [0.2, 0.25) is 0 Å². The molecule has 0 amide bonds. The summed E-state index contributed by atoms with van der Waals surface area (Å²) in [6.45, 7) is 20.4. The van der Waals surface area contributed by atoms with Crippen LogP contribution in [-0.2, 0) is 28.7 Å². The number of carbonyl (C=O) groups excluding carboxylic acids is 4. The van der Waals surface area contributed by atoms with Gasteiger partial charge in [0.15, 0.2) is 11.5 Å². The molecule has 9 heteroatoms. The van der Waals surface area contributed by atoms with Crippen molar-refractivity contribution in [1.29, 1.82) is 0 Å². The number of esters is 4. The van der Waals surface area contributed by atoms with E-state index in [4.69, 9.17) is 23.7 Å². The maximum atomic E-state index is 12.8. The van der Waals surface area contributed by atoms with Gasteiger partial charge in [0.25, 0.3) is 0 Å². The van der Waals surface area contributed by atoms with Gasteiger partial charge < -0.3 is 23.7 Å². The lowest BCUT2D eigenvalue weighted by Gasteiger charge is -2.19. The third-order valence-electron chi connectivity index (χ3n) is 6.27. The van der Waals surface area contributed by atoms with Gasteiger partial charge >= 0.3 is 23.9 Å². The van der Waals surface area contributed by atoms with Gasteiger partial charge in [-0.05, 0) is 81.5 Å². The van der Waals surface area contributed by atoms with Crippen LogP contribution in [0.15, 0.2) is 103 Å². The van der Waals surface area contributed by atoms with Crippen LogP contribution in [0.5, 0.6) is 17.2 Å². The molecule has 0 aromatic heterocycles. The van der Waals surface area contributed by atoms with E-state index in [-0.39, 0.29) is 50.7 Å². The van der Waals surface area contributed by atoms with Crippen molar-refractivity contribution in [3.8, 4) is 64.3 Å². The Kier molecular flexibility index (Phi) is 12.9. The Balaban J connectivity index is 2.17. The Morgan fingerprint density at radius 1 is 0.540 bits per heavy atom. The topological polar surface area (TPSA) is 114 Å². The van der Waals surface area contributed by atoms with E-state index in [0.29, 0.717) is 22.3 Å². The largest absolute Gasteiger partial charge is 0.492 e. The maximum absolute atomic E-state index is 12.8. The molecule has 0 radical (unpaired) electrons. The molecule has 0 heterocycles. The molecule has 0 aliphatic carbocycles. The normalized spacial score (nSPS) is 9.46. The minimum absolute atomic E-state index is 0.0402. The van der Waals surface area contributed by atoms with Gasteiger partial charge in [-0.15, -0.1) is 0 Å². The molecule has 0 aliphatic heterocycles. The highest BCUT2D eigenvalue weighted by atomic mass is 16.6. The van der Waals surface area contributed by atoms with E-state index in [1.807, 2.05) is 0 Å². The number of hydrogen-bond acceptors (Lipinski definition) is 9. The van der Waals surface area contributed by atoms with Crippen molar-refractivity contribution < 1.29 is 42.9 Å². The predicted octanol–water partition coefficient (Wildman–Crippen LogP) is 6.58. The maximum Gasteiger partial charge on any atom is 0.347 e. The Bertz CT molecular complexity index is 2110. The molecule has 3 aromatic carbocycles. The predicted molar refractivity (Wildman–Crippen MR) is 187 cm³/mol. The lowest BCUT2D eigenvalue weighted by atomic mass is 9.98. The second-order valence-corrected chi connectivity index (χ2v) is 10.7. The lowest BCUT2D eigenvalue weighted by Crippen LogP contribution is -2.13. The van der Waals surface area contributed by atoms with Crippen LogP contribution in [0.3, 0.4) is 0 Å². The highest BCUT2D eigenvalue weighted by Gasteiger charge is 2.26. The molecule has 0 saturated heterocycles. The minimum atomic E-state index is -0.741. The number of carbonyl (C=O) groups is 4. The van der Waals surface area contributed by atoms with Crippen molar-refractivity contribution in [2.24, 2.45) is 0 Å². The van der Waals surface area contributed by atoms with E-state index in [1.165, 1.54) is 40.9 Å². The standard InChI is InChI=1S/C41H32O9/c1-25(2)38(42)47-22-20-30-12-10-29(11-13-30)16-19-33-24-34(49-40(44)27(5)6)35(37(46-9)36(33)50-41(45)28(7)8)32-17-14-31(15-18-32)21-23-48-39(43)26(3)4/h10-15,17-18,24H,1,3,5,7H2,2,4,6,8-9H3. The number of benzene rings is 3. The van der Waals surface area contributed by atoms with E-state index >= 15 is 0 Å². The van der Waals surface area contributed by atoms with E-state index in [1.54, 1.807) is 48.5 Å². The van der Waals surface area contributed by atoms with E-state index in [2.05, 4.69) is 62.2 Å². The van der Waals surface area contributed by atoms with Crippen molar-refractivity contribution in [3.05, 3.63) is 125 Å². The zero-order valence-corrected chi connectivity index (χ0v) is 28.2. The van der Waals surface area contributed by atoms with Crippen LogP contribution in [0, 0.1) is 35.9 Å². The van der Waals surface area contributed by atoms with Crippen molar-refractivity contribution in [2.75, 3.05) is 7.11 Å². The van der Waals surface area contributed by atoms with E-state index in [9.17, 15) is 19.2 Å². The van der Waals surface area contributed by atoms with E-state index in [0.717, 1.165) is 0 Å². The minimum Gasteiger partial charge on any atom is -0.492 e. The number of hydrogen-bond donors (Lipinski definition) is 0. The third kappa shape index (κ3) is 10.2. The molecule has 0 N–H and O–H groups in total. The number of methoxy groups -OCH3 is 1. The summed E-state index contributed by atoms with van der Waals surface area (Å²) in [5, 5.41) is 0. The first kappa shape index (κ1) is 37.4. The van der Waals surface area contributed by atoms with Crippen LogP contribution in [0.1, 0.15) is 49.9 Å².